The van der Waals surface area contributed by atoms with E-state index in [-0.39, 0.29) is 28.0 Å². The van der Waals surface area contributed by atoms with E-state index in [2.05, 4.69) is 9.84 Å². The molecule has 1 unspecified atom stereocenters. The van der Waals surface area contributed by atoms with Crippen LogP contribution in [0, 0.1) is 6.92 Å². The molecule has 0 aliphatic carbocycles. The smallest absolute Gasteiger partial charge is 0.406 e. The highest BCUT2D eigenvalue weighted by Crippen LogP contribution is 2.42. The Kier molecular flexibility index (Phi) is 5.57. The van der Waals surface area contributed by atoms with Gasteiger partial charge in [0.2, 0.25) is 10.0 Å². The average Bonchev–Trinajstić information content (AvgIpc) is 3.24. The maximum Gasteiger partial charge on any atom is 0.573 e. The van der Waals surface area contributed by atoms with Gasteiger partial charge in [0.25, 0.3) is 0 Å². The summed E-state index contributed by atoms with van der Waals surface area (Å²) >= 11 is 7.76. The number of ether oxygens (including phenoxy) is 1. The van der Waals surface area contributed by atoms with E-state index in [1.807, 2.05) is 11.4 Å². The van der Waals surface area contributed by atoms with Crippen molar-refractivity contribution < 1.29 is 26.3 Å². The van der Waals surface area contributed by atoms with Crippen LogP contribution in [-0.4, -0.2) is 35.4 Å². The molecular weight excluding hydrogens is 475 g/mol. The molecule has 6 nitrogen and oxygen atoms in total. The molecule has 4 rings (SSSR count). The number of aryl methyl sites for hydroxylation is 2. The van der Waals surface area contributed by atoms with Crippen molar-refractivity contribution in [1.29, 1.82) is 0 Å². The van der Waals surface area contributed by atoms with Crippen molar-refractivity contribution >= 4 is 33.0 Å². The van der Waals surface area contributed by atoms with E-state index in [4.69, 9.17) is 11.6 Å². The van der Waals surface area contributed by atoms with Gasteiger partial charge >= 0.3 is 6.36 Å². The number of halogens is 4. The first-order valence-electron chi connectivity index (χ1n) is 9.12. The second kappa shape index (κ2) is 7.80. The molecule has 0 fully saturated rings. The first-order chi connectivity index (χ1) is 14.5. The fraction of sp³-hybridized carbons (Fsp3) is 0.316. The van der Waals surface area contributed by atoms with Gasteiger partial charge in [0, 0.05) is 18.5 Å². The number of hydrogen-bond donors (Lipinski definition) is 0. The molecule has 0 saturated carbocycles. The van der Waals surface area contributed by atoms with Gasteiger partial charge in [-0.05, 0) is 48.1 Å². The number of rotatable bonds is 4. The molecular formula is C19H17ClF3N3O3S2. The van der Waals surface area contributed by atoms with Gasteiger partial charge in [0.05, 0.1) is 11.7 Å². The van der Waals surface area contributed by atoms with Crippen LogP contribution in [0.3, 0.4) is 0 Å². The van der Waals surface area contributed by atoms with Crippen LogP contribution in [0.2, 0.25) is 5.15 Å². The number of nitrogens with zero attached hydrogens (tertiary/aromatic N) is 3. The van der Waals surface area contributed by atoms with Crippen molar-refractivity contribution in [3.05, 3.63) is 62.6 Å². The molecule has 3 heterocycles. The molecule has 2 aromatic heterocycles. The summed E-state index contributed by atoms with van der Waals surface area (Å²) in [6, 6.07) is 6.37. The third kappa shape index (κ3) is 4.07. The minimum Gasteiger partial charge on any atom is -0.406 e. The topological polar surface area (TPSA) is 64.4 Å². The third-order valence-electron chi connectivity index (χ3n) is 5.02. The lowest BCUT2D eigenvalue weighted by molar-refractivity contribution is -0.274. The third-order valence-corrected chi connectivity index (χ3v) is 8.58. The number of hydrogen-bond acceptors (Lipinski definition) is 5. The molecule has 0 N–H and O–H groups in total. The summed E-state index contributed by atoms with van der Waals surface area (Å²) < 4.78 is 71.3. The van der Waals surface area contributed by atoms with Crippen LogP contribution >= 0.6 is 22.9 Å². The van der Waals surface area contributed by atoms with Crippen LogP contribution < -0.4 is 4.74 Å². The highest BCUT2D eigenvalue weighted by atomic mass is 35.5. The van der Waals surface area contributed by atoms with Gasteiger partial charge in [0.15, 0.2) is 0 Å². The number of fused-ring (bicyclic) bond motifs is 1. The van der Waals surface area contributed by atoms with Crippen LogP contribution in [0.4, 0.5) is 13.2 Å². The molecule has 1 aliphatic heterocycles. The number of alkyl halides is 3. The Hall–Kier alpha value is -2.08. The Bertz CT molecular complexity index is 1220. The molecule has 0 amide bonds. The standard InChI is InChI=1S/C19H17ClF3N3O3S2/c1-11-17(18(20)25(2)24-11)31(27,28)26-9-7-15-14(8-10-30-15)16(26)12-3-5-13(6-4-12)29-19(21,22)23/h3-6,8,10,16H,7,9H2,1-2H3. The number of thiophene rings is 1. The van der Waals surface area contributed by atoms with Crippen molar-refractivity contribution in [3.63, 3.8) is 0 Å². The van der Waals surface area contributed by atoms with Crippen molar-refractivity contribution in [1.82, 2.24) is 14.1 Å². The second-order valence-electron chi connectivity index (χ2n) is 7.01. The lowest BCUT2D eigenvalue weighted by Crippen LogP contribution is -2.40. The van der Waals surface area contributed by atoms with E-state index in [1.165, 1.54) is 44.6 Å². The van der Waals surface area contributed by atoms with Gasteiger partial charge in [-0.2, -0.15) is 9.40 Å². The molecule has 0 bridgehead atoms. The quantitative estimate of drug-likeness (QED) is 0.531. The Morgan fingerprint density at radius 1 is 1.23 bits per heavy atom. The maximum absolute atomic E-state index is 13.6. The van der Waals surface area contributed by atoms with Crippen molar-refractivity contribution in [2.75, 3.05) is 6.54 Å². The maximum atomic E-state index is 13.6. The van der Waals surface area contributed by atoms with Crippen LogP contribution in [0.5, 0.6) is 5.75 Å². The zero-order valence-electron chi connectivity index (χ0n) is 16.4. The normalized spacial score (nSPS) is 17.5. The van der Waals surface area contributed by atoms with Gasteiger partial charge < -0.3 is 4.74 Å². The van der Waals surface area contributed by atoms with Crippen molar-refractivity contribution in [3.8, 4) is 5.75 Å². The number of aromatic nitrogens is 2. The Balaban J connectivity index is 1.80. The zero-order chi connectivity index (χ0) is 22.6. The van der Waals surface area contributed by atoms with Gasteiger partial charge in [-0.1, -0.05) is 23.7 Å². The molecule has 0 saturated heterocycles. The summed E-state index contributed by atoms with van der Waals surface area (Å²) in [7, 11) is -2.49. The summed E-state index contributed by atoms with van der Waals surface area (Å²) in [5.74, 6) is -0.377. The van der Waals surface area contributed by atoms with Gasteiger partial charge in [-0.15, -0.1) is 24.5 Å². The monoisotopic (exact) mass is 491 g/mol. The van der Waals surface area contributed by atoms with Crippen LogP contribution in [-0.2, 0) is 23.5 Å². The molecule has 166 valence electrons. The minimum atomic E-state index is -4.81. The largest absolute Gasteiger partial charge is 0.573 e. The van der Waals surface area contributed by atoms with Gasteiger partial charge in [-0.25, -0.2) is 8.42 Å². The first kappa shape index (κ1) is 22.1. The summed E-state index contributed by atoms with van der Waals surface area (Å²) in [6.45, 7) is 1.77. The van der Waals surface area contributed by atoms with E-state index >= 15 is 0 Å². The summed E-state index contributed by atoms with van der Waals surface area (Å²) in [4.78, 5) is 0.957. The minimum absolute atomic E-state index is 0.00120. The van der Waals surface area contributed by atoms with E-state index in [0.29, 0.717) is 12.0 Å². The number of benzene rings is 1. The predicted molar refractivity (Wildman–Crippen MR) is 110 cm³/mol. The lowest BCUT2D eigenvalue weighted by atomic mass is 9.95. The molecule has 12 heteroatoms. The lowest BCUT2D eigenvalue weighted by Gasteiger charge is -2.35. The Morgan fingerprint density at radius 3 is 2.48 bits per heavy atom. The van der Waals surface area contributed by atoms with E-state index < -0.39 is 22.4 Å². The van der Waals surface area contributed by atoms with Crippen molar-refractivity contribution in [2.24, 2.45) is 7.05 Å². The fourth-order valence-electron chi connectivity index (χ4n) is 3.77. The van der Waals surface area contributed by atoms with Crippen LogP contribution in [0.15, 0.2) is 40.6 Å². The molecule has 1 atom stereocenters. The van der Waals surface area contributed by atoms with E-state index in [0.717, 1.165) is 10.4 Å². The fourth-order valence-corrected chi connectivity index (χ4v) is 6.98. The average molecular weight is 492 g/mol. The molecule has 31 heavy (non-hydrogen) atoms. The highest BCUT2D eigenvalue weighted by Gasteiger charge is 2.41. The Morgan fingerprint density at radius 2 is 1.90 bits per heavy atom. The molecule has 1 aliphatic rings. The zero-order valence-corrected chi connectivity index (χ0v) is 18.7. The van der Waals surface area contributed by atoms with Gasteiger partial charge in [-0.3, -0.25) is 4.68 Å². The van der Waals surface area contributed by atoms with Crippen molar-refractivity contribution in [2.45, 2.75) is 30.6 Å². The first-order valence-corrected chi connectivity index (χ1v) is 11.8. The molecule has 3 aromatic rings. The van der Waals surface area contributed by atoms with Crippen LogP contribution in [0.1, 0.15) is 27.7 Å². The van der Waals surface area contributed by atoms with E-state index in [1.54, 1.807) is 14.0 Å². The second-order valence-corrected chi connectivity index (χ2v) is 10.2. The summed E-state index contributed by atoms with van der Waals surface area (Å²) in [5, 5.41) is 5.98. The SMILES string of the molecule is Cc1nn(C)c(Cl)c1S(=O)(=O)N1CCc2sccc2C1c1ccc(OC(F)(F)F)cc1. The van der Waals surface area contributed by atoms with E-state index in [9.17, 15) is 21.6 Å². The number of sulfonamides is 1. The summed E-state index contributed by atoms with van der Waals surface area (Å²) in [6.07, 6.45) is -4.29. The molecule has 0 radical (unpaired) electrons. The predicted octanol–water partition coefficient (Wildman–Crippen LogP) is 4.68. The summed E-state index contributed by atoms with van der Waals surface area (Å²) in [5.41, 5.74) is 1.59. The molecule has 0 spiro atoms. The molecule has 1 aromatic carbocycles. The van der Waals surface area contributed by atoms with Crippen LogP contribution in [0.25, 0.3) is 0 Å². The highest BCUT2D eigenvalue weighted by molar-refractivity contribution is 7.89. The van der Waals surface area contributed by atoms with Gasteiger partial charge in [0.1, 0.15) is 15.8 Å². The Labute approximate surface area is 185 Å².